The number of aromatic nitrogens is 1. The first kappa shape index (κ1) is 14.9. The molecule has 1 aromatic heterocycles. The first-order valence-electron chi connectivity index (χ1n) is 6.62. The van der Waals surface area contributed by atoms with Crippen LogP contribution in [0.2, 0.25) is 0 Å². The number of hydrogen-bond acceptors (Lipinski definition) is 4. The van der Waals surface area contributed by atoms with E-state index in [1.54, 1.807) is 19.9 Å². The number of carboxylic acids is 1. The number of carboxylic acid groups (broad SMARTS) is 1. The lowest BCUT2D eigenvalue weighted by Crippen LogP contribution is -2.11. The second kappa shape index (κ2) is 5.47. The molecule has 0 aliphatic rings. The molecule has 2 aromatic rings. The number of phenolic OH excluding ortho intramolecular Hbond substituents is 1. The van der Waals surface area contributed by atoms with Gasteiger partial charge in [0.1, 0.15) is 5.75 Å². The maximum atomic E-state index is 12.1. The Balaban J connectivity index is 2.81. The lowest BCUT2D eigenvalue weighted by atomic mass is 9.94. The van der Waals surface area contributed by atoms with Gasteiger partial charge in [0.15, 0.2) is 0 Å². The third-order valence-electron chi connectivity index (χ3n) is 3.45. The standard InChI is InChI=1S/C15H17NO5/c1-4-21-15(20)12-8(3)16-9-5-6-10(17)11(13(9)12)7(2)14(18)19/h5-7,16-17H,4H2,1-3H3,(H,18,19). The van der Waals surface area contributed by atoms with Crippen molar-refractivity contribution in [3.05, 3.63) is 29.0 Å². The quantitative estimate of drug-likeness (QED) is 0.752. The molecule has 0 bridgehead atoms. The van der Waals surface area contributed by atoms with Crippen molar-refractivity contribution in [1.29, 1.82) is 0 Å². The van der Waals surface area contributed by atoms with Crippen molar-refractivity contribution >= 4 is 22.8 Å². The highest BCUT2D eigenvalue weighted by Crippen LogP contribution is 2.37. The zero-order valence-electron chi connectivity index (χ0n) is 12.1. The minimum absolute atomic E-state index is 0.151. The number of aromatic hydroxyl groups is 1. The third kappa shape index (κ3) is 2.44. The number of aliphatic carboxylic acids is 1. The van der Waals surface area contributed by atoms with Crippen molar-refractivity contribution < 1.29 is 24.5 Å². The van der Waals surface area contributed by atoms with Crippen LogP contribution >= 0.6 is 0 Å². The van der Waals surface area contributed by atoms with Gasteiger partial charge in [0.2, 0.25) is 0 Å². The number of fused-ring (bicyclic) bond motifs is 1. The molecule has 0 spiro atoms. The van der Waals surface area contributed by atoms with E-state index in [1.807, 2.05) is 0 Å². The third-order valence-corrected chi connectivity index (χ3v) is 3.45. The van der Waals surface area contributed by atoms with Gasteiger partial charge in [0.05, 0.1) is 18.1 Å². The molecular formula is C15H17NO5. The molecule has 3 N–H and O–H groups in total. The van der Waals surface area contributed by atoms with Gasteiger partial charge in [-0.15, -0.1) is 0 Å². The predicted octanol–water partition coefficient (Wildman–Crippen LogP) is 2.55. The van der Waals surface area contributed by atoms with Crippen LogP contribution in [0.25, 0.3) is 10.9 Å². The van der Waals surface area contributed by atoms with Crippen LogP contribution in [0.15, 0.2) is 12.1 Å². The smallest absolute Gasteiger partial charge is 0.340 e. The maximum absolute atomic E-state index is 12.1. The largest absolute Gasteiger partial charge is 0.508 e. The van der Waals surface area contributed by atoms with Gasteiger partial charge >= 0.3 is 11.9 Å². The monoisotopic (exact) mass is 291 g/mol. The van der Waals surface area contributed by atoms with E-state index in [1.165, 1.54) is 13.0 Å². The van der Waals surface area contributed by atoms with Gasteiger partial charge in [0, 0.05) is 22.2 Å². The van der Waals surface area contributed by atoms with E-state index >= 15 is 0 Å². The summed E-state index contributed by atoms with van der Waals surface area (Å²) in [4.78, 5) is 26.4. The summed E-state index contributed by atoms with van der Waals surface area (Å²) < 4.78 is 5.02. The second-order valence-electron chi connectivity index (χ2n) is 4.83. The van der Waals surface area contributed by atoms with Gasteiger partial charge in [-0.3, -0.25) is 4.79 Å². The molecule has 1 unspecified atom stereocenters. The fourth-order valence-corrected chi connectivity index (χ4v) is 2.45. The number of esters is 1. The van der Waals surface area contributed by atoms with Gasteiger partial charge in [-0.1, -0.05) is 0 Å². The molecule has 0 saturated carbocycles. The number of benzene rings is 1. The summed E-state index contributed by atoms with van der Waals surface area (Å²) in [6.45, 7) is 5.08. The molecule has 1 atom stereocenters. The normalized spacial score (nSPS) is 12.3. The molecule has 1 aromatic carbocycles. The van der Waals surface area contributed by atoms with Crippen molar-refractivity contribution in [3.8, 4) is 5.75 Å². The van der Waals surface area contributed by atoms with Gasteiger partial charge < -0.3 is 19.9 Å². The number of hydrogen-bond donors (Lipinski definition) is 3. The summed E-state index contributed by atoms with van der Waals surface area (Å²) in [6.07, 6.45) is 0. The molecule has 0 saturated heterocycles. The van der Waals surface area contributed by atoms with Gasteiger partial charge in [-0.2, -0.15) is 0 Å². The van der Waals surface area contributed by atoms with Crippen molar-refractivity contribution in [2.75, 3.05) is 6.61 Å². The molecule has 0 aliphatic heterocycles. The number of carbonyl (C=O) groups is 2. The van der Waals surface area contributed by atoms with E-state index in [-0.39, 0.29) is 23.5 Å². The van der Waals surface area contributed by atoms with E-state index in [9.17, 15) is 19.8 Å². The molecule has 6 nitrogen and oxygen atoms in total. The highest BCUT2D eigenvalue weighted by atomic mass is 16.5. The van der Waals surface area contributed by atoms with Gasteiger partial charge in [-0.05, 0) is 32.9 Å². The average Bonchev–Trinajstić information content (AvgIpc) is 2.74. The Morgan fingerprint density at radius 2 is 2.05 bits per heavy atom. The summed E-state index contributed by atoms with van der Waals surface area (Å²) in [7, 11) is 0. The fourth-order valence-electron chi connectivity index (χ4n) is 2.45. The second-order valence-corrected chi connectivity index (χ2v) is 4.83. The summed E-state index contributed by atoms with van der Waals surface area (Å²) >= 11 is 0. The topological polar surface area (TPSA) is 99.6 Å². The van der Waals surface area contributed by atoms with Crippen LogP contribution in [-0.4, -0.2) is 33.7 Å². The number of rotatable bonds is 4. The van der Waals surface area contributed by atoms with Gasteiger partial charge in [0.25, 0.3) is 0 Å². The Morgan fingerprint density at radius 3 is 2.62 bits per heavy atom. The van der Waals surface area contributed by atoms with Crippen LogP contribution in [0.1, 0.15) is 41.4 Å². The lowest BCUT2D eigenvalue weighted by molar-refractivity contribution is -0.138. The van der Waals surface area contributed by atoms with Crippen molar-refractivity contribution in [3.63, 3.8) is 0 Å². The molecule has 6 heteroatoms. The van der Waals surface area contributed by atoms with Crippen molar-refractivity contribution in [2.45, 2.75) is 26.7 Å². The van der Waals surface area contributed by atoms with Crippen LogP contribution in [-0.2, 0) is 9.53 Å². The number of H-pyrrole nitrogens is 1. The highest BCUT2D eigenvalue weighted by molar-refractivity contribution is 6.08. The first-order valence-corrected chi connectivity index (χ1v) is 6.62. The molecule has 0 fully saturated rings. The molecule has 2 rings (SSSR count). The summed E-state index contributed by atoms with van der Waals surface area (Å²) in [5.41, 5.74) is 1.66. The van der Waals surface area contributed by atoms with Crippen LogP contribution in [0.3, 0.4) is 0 Å². The Bertz CT molecular complexity index is 716. The number of aryl methyl sites for hydroxylation is 1. The predicted molar refractivity (Wildman–Crippen MR) is 76.7 cm³/mol. The Hall–Kier alpha value is -2.50. The van der Waals surface area contributed by atoms with E-state index in [4.69, 9.17) is 4.74 Å². The first-order chi connectivity index (χ1) is 9.88. The molecule has 1 heterocycles. The van der Waals surface area contributed by atoms with E-state index in [0.29, 0.717) is 16.6 Å². The van der Waals surface area contributed by atoms with Crippen LogP contribution in [0.4, 0.5) is 0 Å². The number of ether oxygens (including phenoxy) is 1. The van der Waals surface area contributed by atoms with Crippen LogP contribution in [0, 0.1) is 6.92 Å². The summed E-state index contributed by atoms with van der Waals surface area (Å²) in [5, 5.41) is 19.7. The minimum atomic E-state index is -1.08. The molecule has 0 radical (unpaired) electrons. The van der Waals surface area contributed by atoms with Gasteiger partial charge in [-0.25, -0.2) is 4.79 Å². The number of aromatic amines is 1. The molecule has 0 amide bonds. The maximum Gasteiger partial charge on any atom is 0.340 e. The summed E-state index contributed by atoms with van der Waals surface area (Å²) in [5.74, 6) is -2.71. The molecule has 112 valence electrons. The van der Waals surface area contributed by atoms with E-state index < -0.39 is 17.9 Å². The zero-order valence-corrected chi connectivity index (χ0v) is 12.1. The van der Waals surface area contributed by atoms with Crippen LogP contribution in [0.5, 0.6) is 5.75 Å². The Kier molecular flexibility index (Phi) is 3.88. The number of carbonyl (C=O) groups excluding carboxylic acids is 1. The Labute approximate surface area is 121 Å². The molecule has 21 heavy (non-hydrogen) atoms. The summed E-state index contributed by atoms with van der Waals surface area (Å²) in [6, 6.07) is 3.03. The van der Waals surface area contributed by atoms with E-state index in [0.717, 1.165) is 0 Å². The van der Waals surface area contributed by atoms with Crippen LogP contribution < -0.4 is 0 Å². The molecular weight excluding hydrogens is 274 g/mol. The molecule has 0 aliphatic carbocycles. The Morgan fingerprint density at radius 1 is 1.38 bits per heavy atom. The van der Waals surface area contributed by atoms with Crippen molar-refractivity contribution in [1.82, 2.24) is 4.98 Å². The lowest BCUT2D eigenvalue weighted by Gasteiger charge is -2.12. The average molecular weight is 291 g/mol. The number of nitrogens with one attached hydrogen (secondary N) is 1. The fraction of sp³-hybridized carbons (Fsp3) is 0.333. The SMILES string of the molecule is CCOC(=O)c1c(C)[nH]c2ccc(O)c(C(C)C(=O)O)c12. The minimum Gasteiger partial charge on any atom is -0.508 e. The van der Waals surface area contributed by atoms with Crippen molar-refractivity contribution in [2.24, 2.45) is 0 Å². The van der Waals surface area contributed by atoms with E-state index in [2.05, 4.69) is 4.98 Å². The zero-order chi connectivity index (χ0) is 15.7. The highest BCUT2D eigenvalue weighted by Gasteiger charge is 2.27. The number of phenols is 1.